The standard InChI is InChI=1S/C62H63N5O17S/c1-62(2,3)33-65-58(72)38-14-15-48(81-61-57(71)56(70)55(69)54(30-68)82-61)53(21-38)84-85(75,76)83-43-17-34(31-79-51-24-46-44(22-49(51)77-4)59(73)66-28-39-12-8-6-10-36(39)19-41(66)26-63-46)16-35(18-43)32-80-52-25-47-45(23-50(52)78-5)60(74)67-29-40-13-9-7-11-37(40)20-42(67)27-64-47/h6-18,21-27,41-42,54-57,61,68-71H,19-20,28-33H2,1-5H3,(H,65,72)/t41-,42+,54-,55+,56+,57-,61-/m1/s1. The number of aliphatic imine (C=N–C) groups is 2. The highest BCUT2D eigenvalue weighted by Crippen LogP contribution is 2.42. The van der Waals surface area contributed by atoms with Gasteiger partial charge in [0.2, 0.25) is 6.29 Å². The van der Waals surface area contributed by atoms with Crippen LogP contribution in [0, 0.1) is 5.41 Å². The molecule has 5 heterocycles. The van der Waals surface area contributed by atoms with Gasteiger partial charge in [0, 0.05) is 49.8 Å². The van der Waals surface area contributed by atoms with Crippen LogP contribution in [0.15, 0.2) is 119 Å². The first-order valence-electron chi connectivity index (χ1n) is 27.4. The molecule has 3 amide bonds. The van der Waals surface area contributed by atoms with E-state index in [1.165, 1.54) is 38.5 Å². The third-order valence-electron chi connectivity index (χ3n) is 15.2. The molecule has 444 valence electrons. The van der Waals surface area contributed by atoms with E-state index in [0.29, 0.717) is 59.6 Å². The average Bonchev–Trinajstić information content (AvgIpc) is 3.85. The third-order valence-corrected chi connectivity index (χ3v) is 16.0. The molecule has 22 nitrogen and oxygen atoms in total. The van der Waals surface area contributed by atoms with Crippen molar-refractivity contribution < 1.29 is 80.0 Å². The summed E-state index contributed by atoms with van der Waals surface area (Å²) in [5, 5.41) is 44.4. The molecule has 1 fully saturated rings. The number of amides is 3. The Bertz CT molecular complexity index is 3590. The molecule has 0 unspecified atom stereocenters. The first-order chi connectivity index (χ1) is 40.7. The Labute approximate surface area is 490 Å². The lowest BCUT2D eigenvalue weighted by Gasteiger charge is -2.39. The number of rotatable bonds is 17. The van der Waals surface area contributed by atoms with E-state index >= 15 is 0 Å². The summed E-state index contributed by atoms with van der Waals surface area (Å²) in [7, 11) is -2.36. The molecule has 0 saturated carbocycles. The number of hydrogen-bond acceptors (Lipinski definition) is 19. The van der Waals surface area contributed by atoms with Crippen molar-refractivity contribution in [2.24, 2.45) is 15.4 Å². The predicted molar refractivity (Wildman–Crippen MR) is 308 cm³/mol. The normalized spacial score (nSPS) is 21.4. The quantitative estimate of drug-likeness (QED) is 0.0691. The van der Waals surface area contributed by atoms with E-state index in [2.05, 4.69) is 5.32 Å². The summed E-state index contributed by atoms with van der Waals surface area (Å²) < 4.78 is 75.5. The second-order valence-corrected chi connectivity index (χ2v) is 23.6. The van der Waals surface area contributed by atoms with E-state index in [1.807, 2.05) is 69.3 Å². The van der Waals surface area contributed by atoms with Crippen LogP contribution in [0.5, 0.6) is 40.2 Å². The molecule has 0 spiro atoms. The molecule has 5 N–H and O–H groups in total. The fourth-order valence-electron chi connectivity index (χ4n) is 10.7. The Morgan fingerprint density at radius 1 is 0.647 bits per heavy atom. The van der Waals surface area contributed by atoms with Gasteiger partial charge >= 0.3 is 10.4 Å². The van der Waals surface area contributed by atoms with Crippen LogP contribution < -0.4 is 37.4 Å². The minimum Gasteiger partial charge on any atom is -0.493 e. The van der Waals surface area contributed by atoms with Gasteiger partial charge in [0.1, 0.15) is 43.4 Å². The molecular formula is C62H63N5O17S. The lowest BCUT2D eigenvalue weighted by atomic mass is 9.94. The first kappa shape index (κ1) is 58.2. The minimum absolute atomic E-state index is 0.0661. The van der Waals surface area contributed by atoms with Gasteiger partial charge in [0.25, 0.3) is 17.7 Å². The van der Waals surface area contributed by atoms with Gasteiger partial charge in [-0.05, 0) is 100 Å². The van der Waals surface area contributed by atoms with Gasteiger partial charge in [-0.3, -0.25) is 24.4 Å². The highest BCUT2D eigenvalue weighted by atomic mass is 32.3. The summed E-state index contributed by atoms with van der Waals surface area (Å²) in [6.45, 7) is 5.48. The summed E-state index contributed by atoms with van der Waals surface area (Å²) in [5.41, 5.74) is 5.95. The number of methoxy groups -OCH3 is 2. The fourth-order valence-corrected chi connectivity index (χ4v) is 11.4. The van der Waals surface area contributed by atoms with Gasteiger partial charge in [-0.25, -0.2) is 0 Å². The van der Waals surface area contributed by atoms with Crippen molar-refractivity contribution in [1.82, 2.24) is 15.1 Å². The van der Waals surface area contributed by atoms with Crippen LogP contribution in [0.25, 0.3) is 0 Å². The van der Waals surface area contributed by atoms with Gasteiger partial charge in [0.15, 0.2) is 34.5 Å². The number of carbonyl (C=O) groups is 3. The molecule has 5 aliphatic heterocycles. The van der Waals surface area contributed by atoms with Crippen LogP contribution in [-0.2, 0) is 54.3 Å². The zero-order valence-electron chi connectivity index (χ0n) is 47.0. The Morgan fingerprint density at radius 2 is 1.18 bits per heavy atom. The average molecular weight is 1180 g/mol. The molecular weight excluding hydrogens is 1120 g/mol. The van der Waals surface area contributed by atoms with Crippen molar-refractivity contribution in [2.75, 3.05) is 27.4 Å². The van der Waals surface area contributed by atoms with Crippen LogP contribution in [-0.4, -0.2) is 139 Å². The van der Waals surface area contributed by atoms with Crippen molar-refractivity contribution in [3.05, 3.63) is 159 Å². The van der Waals surface area contributed by atoms with Crippen molar-refractivity contribution in [3.8, 4) is 40.2 Å². The second kappa shape index (κ2) is 23.8. The monoisotopic (exact) mass is 1180 g/mol. The third kappa shape index (κ3) is 12.5. The Hall–Kier alpha value is -8.58. The van der Waals surface area contributed by atoms with Crippen LogP contribution in [0.2, 0.25) is 0 Å². The highest BCUT2D eigenvalue weighted by molar-refractivity contribution is 7.82. The molecule has 7 atom stereocenters. The molecule has 1 saturated heterocycles. The van der Waals surface area contributed by atoms with Crippen LogP contribution in [0.1, 0.15) is 85.2 Å². The number of aliphatic hydroxyl groups is 4. The SMILES string of the molecule is COc1cc2c(cc1OCc1cc(COc3cc4c(cc3OC)C(=O)N3Cc5ccccc5C[C@@H]3C=N4)cc(OS(=O)(=O)Oc3cc(C(=O)NCC(C)(C)C)ccc3O[C@@H]3O[C@H](CO)[C@H](O)[C@H](O)[C@H]3O)c1)N=C[C@@H]1Cc3ccccc3CN1C2=O. The Balaban J connectivity index is 0.902. The van der Waals surface area contributed by atoms with E-state index in [9.17, 15) is 43.2 Å². The lowest BCUT2D eigenvalue weighted by Crippen LogP contribution is -2.60. The van der Waals surface area contributed by atoms with Crippen molar-refractivity contribution in [2.45, 2.75) is 103 Å². The number of nitrogens with one attached hydrogen (secondary N) is 1. The molecule has 6 aromatic carbocycles. The summed E-state index contributed by atoms with van der Waals surface area (Å²) >= 11 is 0. The molecule has 0 aromatic heterocycles. The number of aliphatic hydroxyl groups excluding tert-OH is 4. The molecule has 6 aromatic rings. The van der Waals surface area contributed by atoms with E-state index in [4.69, 9.17) is 46.8 Å². The van der Waals surface area contributed by atoms with Crippen LogP contribution >= 0.6 is 0 Å². The van der Waals surface area contributed by atoms with Crippen molar-refractivity contribution in [1.29, 1.82) is 0 Å². The molecule has 5 aliphatic rings. The van der Waals surface area contributed by atoms with Gasteiger partial charge in [-0.1, -0.05) is 69.3 Å². The van der Waals surface area contributed by atoms with E-state index in [0.717, 1.165) is 28.3 Å². The van der Waals surface area contributed by atoms with E-state index in [1.54, 1.807) is 52.6 Å². The number of nitrogens with zero attached hydrogens (tertiary/aromatic N) is 4. The van der Waals surface area contributed by atoms with Crippen LogP contribution in [0.3, 0.4) is 0 Å². The smallest absolute Gasteiger partial charge is 0.493 e. The maximum Gasteiger partial charge on any atom is 0.501 e. The van der Waals surface area contributed by atoms with Crippen molar-refractivity contribution >= 4 is 51.9 Å². The summed E-state index contributed by atoms with van der Waals surface area (Å²) in [4.78, 5) is 54.9. The number of benzene rings is 6. The molecule has 0 radical (unpaired) electrons. The molecule has 0 bridgehead atoms. The van der Waals surface area contributed by atoms with E-state index in [-0.39, 0.29) is 83.4 Å². The molecule has 85 heavy (non-hydrogen) atoms. The van der Waals surface area contributed by atoms with Crippen LogP contribution in [0.4, 0.5) is 11.4 Å². The topological polar surface area (TPSA) is 283 Å². The summed E-state index contributed by atoms with van der Waals surface area (Å²) in [6, 6.07) is 29.6. The Morgan fingerprint density at radius 3 is 1.68 bits per heavy atom. The molecule has 23 heteroatoms. The zero-order chi connectivity index (χ0) is 59.9. The summed E-state index contributed by atoms with van der Waals surface area (Å²) in [6.07, 6.45) is -3.96. The van der Waals surface area contributed by atoms with Gasteiger partial charge in [-0.2, -0.15) is 0 Å². The number of carbonyl (C=O) groups excluding carboxylic acids is 3. The number of hydrogen-bond donors (Lipinski definition) is 5. The zero-order valence-corrected chi connectivity index (χ0v) is 47.9. The van der Waals surface area contributed by atoms with Crippen molar-refractivity contribution in [3.63, 3.8) is 0 Å². The molecule has 11 rings (SSSR count). The van der Waals surface area contributed by atoms with Gasteiger partial charge in [-0.15, -0.1) is 8.42 Å². The largest absolute Gasteiger partial charge is 0.501 e. The number of ether oxygens (including phenoxy) is 6. The first-order valence-corrected chi connectivity index (χ1v) is 28.8. The highest BCUT2D eigenvalue weighted by Gasteiger charge is 2.45. The predicted octanol–water partition coefficient (Wildman–Crippen LogP) is 6.09. The fraction of sp³-hybridized carbons (Fsp3) is 0.339. The lowest BCUT2D eigenvalue weighted by molar-refractivity contribution is -0.277. The second-order valence-electron chi connectivity index (χ2n) is 22.4. The van der Waals surface area contributed by atoms with Gasteiger partial charge < -0.3 is 72.3 Å². The summed E-state index contributed by atoms with van der Waals surface area (Å²) in [5.74, 6) is -1.55. The van der Waals surface area contributed by atoms with E-state index < -0.39 is 65.1 Å². The maximum atomic E-state index is 14.3. The maximum absolute atomic E-state index is 14.3. The molecule has 0 aliphatic carbocycles. The van der Waals surface area contributed by atoms with Gasteiger partial charge in [0.05, 0.1) is 55.4 Å². The minimum atomic E-state index is -5.23. The Kier molecular flexibility index (Phi) is 16.3. The number of fused-ring (bicyclic) bond motifs is 6.